The maximum absolute atomic E-state index is 4.53. The van der Waals surface area contributed by atoms with Gasteiger partial charge in [0.25, 0.3) is 0 Å². The molecular weight excluding hydrogens is 162 g/mol. The van der Waals surface area contributed by atoms with Gasteiger partial charge >= 0.3 is 0 Å². The predicted molar refractivity (Wildman–Crippen MR) is 52.6 cm³/mol. The molecule has 0 N–H and O–H groups in total. The zero-order valence-electron chi connectivity index (χ0n) is 8.15. The van der Waals surface area contributed by atoms with Crippen molar-refractivity contribution in [2.75, 3.05) is 0 Å². The lowest BCUT2D eigenvalue weighted by Crippen LogP contribution is -1.99. The van der Waals surface area contributed by atoms with E-state index in [1.54, 1.807) is 6.20 Å². The third kappa shape index (κ3) is 1.20. The van der Waals surface area contributed by atoms with Crippen LogP contribution in [0.1, 0.15) is 25.6 Å². The van der Waals surface area contributed by atoms with Crippen LogP contribution >= 0.6 is 0 Å². The van der Waals surface area contributed by atoms with Crippen LogP contribution in [0.3, 0.4) is 0 Å². The topological polar surface area (TPSA) is 30.7 Å². The van der Waals surface area contributed by atoms with Crippen LogP contribution in [0.2, 0.25) is 0 Å². The van der Waals surface area contributed by atoms with Gasteiger partial charge in [-0.3, -0.25) is 4.98 Å². The average Bonchev–Trinajstić information content (AvgIpc) is 2.45. The van der Waals surface area contributed by atoms with Crippen LogP contribution < -0.4 is 0 Å². The highest BCUT2D eigenvalue weighted by molar-refractivity contribution is 5.74. The second-order valence-corrected chi connectivity index (χ2v) is 3.55. The first-order valence-corrected chi connectivity index (χ1v) is 4.46. The highest BCUT2D eigenvalue weighted by Gasteiger charge is 2.09. The van der Waals surface area contributed by atoms with Crippen LogP contribution in [0.25, 0.3) is 11.0 Å². The third-order valence-corrected chi connectivity index (χ3v) is 2.23. The molecule has 3 heteroatoms. The van der Waals surface area contributed by atoms with E-state index in [4.69, 9.17) is 0 Å². The Morgan fingerprint density at radius 2 is 2.15 bits per heavy atom. The minimum Gasteiger partial charge on any atom is -0.330 e. The standard InChI is InChI=1S/C10H13N3/c1-7(2)10-12-8-4-5-11-6-9(8)13(10)3/h4-7H,1-3H3. The number of aromatic nitrogens is 3. The van der Waals surface area contributed by atoms with E-state index < -0.39 is 0 Å². The van der Waals surface area contributed by atoms with Crippen molar-refractivity contribution in [1.29, 1.82) is 0 Å². The number of rotatable bonds is 1. The molecule has 0 aliphatic carbocycles. The molecule has 2 aromatic heterocycles. The summed E-state index contributed by atoms with van der Waals surface area (Å²) in [7, 11) is 2.03. The molecule has 0 aliphatic rings. The first-order valence-electron chi connectivity index (χ1n) is 4.46. The van der Waals surface area contributed by atoms with E-state index in [9.17, 15) is 0 Å². The van der Waals surface area contributed by atoms with E-state index in [1.165, 1.54) is 0 Å². The van der Waals surface area contributed by atoms with Gasteiger partial charge in [0, 0.05) is 19.2 Å². The maximum Gasteiger partial charge on any atom is 0.112 e. The van der Waals surface area contributed by atoms with Crippen molar-refractivity contribution in [2.45, 2.75) is 19.8 Å². The molecule has 0 aliphatic heterocycles. The van der Waals surface area contributed by atoms with Gasteiger partial charge in [-0.1, -0.05) is 13.8 Å². The van der Waals surface area contributed by atoms with E-state index >= 15 is 0 Å². The van der Waals surface area contributed by atoms with Gasteiger partial charge in [-0.05, 0) is 6.07 Å². The summed E-state index contributed by atoms with van der Waals surface area (Å²) in [6.45, 7) is 4.29. The van der Waals surface area contributed by atoms with Crippen LogP contribution in [-0.4, -0.2) is 14.5 Å². The predicted octanol–water partition coefficient (Wildman–Crippen LogP) is 2.09. The zero-order valence-corrected chi connectivity index (χ0v) is 8.15. The molecule has 0 fully saturated rings. The lowest BCUT2D eigenvalue weighted by Gasteiger charge is -2.03. The minimum atomic E-state index is 0.456. The molecule has 68 valence electrons. The quantitative estimate of drug-likeness (QED) is 0.664. The normalized spacial score (nSPS) is 11.4. The molecular formula is C10H13N3. The number of hydrogen-bond acceptors (Lipinski definition) is 2. The number of hydrogen-bond donors (Lipinski definition) is 0. The van der Waals surface area contributed by atoms with E-state index in [0.717, 1.165) is 16.9 Å². The van der Waals surface area contributed by atoms with Gasteiger partial charge in [0.15, 0.2) is 0 Å². The molecule has 3 nitrogen and oxygen atoms in total. The zero-order chi connectivity index (χ0) is 9.42. The summed E-state index contributed by atoms with van der Waals surface area (Å²) in [6.07, 6.45) is 3.63. The van der Waals surface area contributed by atoms with Crippen LogP contribution in [0.15, 0.2) is 18.5 Å². The highest BCUT2D eigenvalue weighted by Crippen LogP contribution is 2.18. The molecule has 2 rings (SSSR count). The number of nitrogens with zero attached hydrogens (tertiary/aromatic N) is 3. The van der Waals surface area contributed by atoms with Crippen LogP contribution in [0.4, 0.5) is 0 Å². The molecule has 13 heavy (non-hydrogen) atoms. The van der Waals surface area contributed by atoms with E-state index in [2.05, 4.69) is 28.4 Å². The van der Waals surface area contributed by atoms with Crippen molar-refractivity contribution in [3.63, 3.8) is 0 Å². The fraction of sp³-hybridized carbons (Fsp3) is 0.400. The molecule has 0 atom stereocenters. The summed E-state index contributed by atoms with van der Waals surface area (Å²) in [5.41, 5.74) is 2.13. The van der Waals surface area contributed by atoms with Gasteiger partial charge in [-0.25, -0.2) is 4.98 Å². The minimum absolute atomic E-state index is 0.456. The Morgan fingerprint density at radius 1 is 1.38 bits per heavy atom. The molecule has 0 saturated heterocycles. The summed E-state index contributed by atoms with van der Waals surface area (Å²) >= 11 is 0. The van der Waals surface area contributed by atoms with Gasteiger partial charge in [0.05, 0.1) is 17.2 Å². The van der Waals surface area contributed by atoms with Gasteiger partial charge < -0.3 is 4.57 Å². The van der Waals surface area contributed by atoms with Gasteiger partial charge in [-0.15, -0.1) is 0 Å². The summed E-state index contributed by atoms with van der Waals surface area (Å²) in [4.78, 5) is 8.62. The fourth-order valence-electron chi connectivity index (χ4n) is 1.57. The average molecular weight is 175 g/mol. The molecule has 0 spiro atoms. The number of pyridine rings is 1. The van der Waals surface area contributed by atoms with Gasteiger partial charge in [-0.2, -0.15) is 0 Å². The summed E-state index contributed by atoms with van der Waals surface area (Å²) in [5, 5.41) is 0. The molecule has 0 radical (unpaired) electrons. The van der Waals surface area contributed by atoms with Crippen molar-refractivity contribution in [1.82, 2.24) is 14.5 Å². The van der Waals surface area contributed by atoms with E-state index in [-0.39, 0.29) is 0 Å². The van der Waals surface area contributed by atoms with E-state index in [0.29, 0.717) is 5.92 Å². The number of fused-ring (bicyclic) bond motifs is 1. The number of imidazole rings is 1. The monoisotopic (exact) mass is 175 g/mol. The van der Waals surface area contributed by atoms with Gasteiger partial charge in [0.1, 0.15) is 5.82 Å². The second-order valence-electron chi connectivity index (χ2n) is 3.55. The van der Waals surface area contributed by atoms with Crippen molar-refractivity contribution >= 4 is 11.0 Å². The van der Waals surface area contributed by atoms with Crippen molar-refractivity contribution in [2.24, 2.45) is 7.05 Å². The molecule has 2 heterocycles. The SMILES string of the molecule is CC(C)c1nc2ccncc2n1C. The Labute approximate surface area is 77.4 Å². The Bertz CT molecular complexity index is 429. The second kappa shape index (κ2) is 2.83. The first-order chi connectivity index (χ1) is 6.20. The largest absolute Gasteiger partial charge is 0.330 e. The molecule has 0 amide bonds. The van der Waals surface area contributed by atoms with Gasteiger partial charge in [0.2, 0.25) is 0 Å². The number of aryl methyl sites for hydroxylation is 1. The van der Waals surface area contributed by atoms with Crippen molar-refractivity contribution in [3.05, 3.63) is 24.3 Å². The Hall–Kier alpha value is -1.38. The Kier molecular flexibility index (Phi) is 1.79. The third-order valence-electron chi connectivity index (χ3n) is 2.23. The molecule has 0 saturated carbocycles. The van der Waals surface area contributed by atoms with E-state index in [1.807, 2.05) is 19.3 Å². The lowest BCUT2D eigenvalue weighted by atomic mass is 10.2. The smallest absolute Gasteiger partial charge is 0.112 e. The summed E-state index contributed by atoms with van der Waals surface area (Å²) in [6, 6.07) is 1.95. The highest BCUT2D eigenvalue weighted by atomic mass is 15.1. The first kappa shape index (κ1) is 8.23. The molecule has 0 bridgehead atoms. The lowest BCUT2D eigenvalue weighted by molar-refractivity contribution is 0.722. The van der Waals surface area contributed by atoms with Crippen molar-refractivity contribution in [3.8, 4) is 0 Å². The Morgan fingerprint density at radius 3 is 2.77 bits per heavy atom. The molecule has 2 aromatic rings. The van der Waals surface area contributed by atoms with Crippen LogP contribution in [-0.2, 0) is 7.05 Å². The fourth-order valence-corrected chi connectivity index (χ4v) is 1.57. The Balaban J connectivity index is 2.74. The maximum atomic E-state index is 4.53. The van der Waals surface area contributed by atoms with Crippen molar-refractivity contribution < 1.29 is 0 Å². The van der Waals surface area contributed by atoms with Crippen LogP contribution in [0.5, 0.6) is 0 Å². The van der Waals surface area contributed by atoms with Crippen LogP contribution in [0, 0.1) is 0 Å². The summed E-state index contributed by atoms with van der Waals surface area (Å²) in [5.74, 6) is 1.57. The molecule has 0 unspecified atom stereocenters. The molecule has 0 aromatic carbocycles. The summed E-state index contributed by atoms with van der Waals surface area (Å²) < 4.78 is 2.10.